The summed E-state index contributed by atoms with van der Waals surface area (Å²) in [5.74, 6) is 1.43. The molecule has 0 fully saturated rings. The maximum atomic E-state index is 10.9. The molecule has 0 aliphatic heterocycles. The number of nitrogens with one attached hydrogen (secondary N) is 2. The van der Waals surface area contributed by atoms with Gasteiger partial charge in [0.05, 0.1) is 12.9 Å². The van der Waals surface area contributed by atoms with Crippen molar-refractivity contribution in [3.05, 3.63) is 0 Å². The summed E-state index contributed by atoms with van der Waals surface area (Å²) in [6.07, 6.45) is 0. The van der Waals surface area contributed by atoms with E-state index in [2.05, 4.69) is 10.1 Å². The first kappa shape index (κ1) is 13.2. The van der Waals surface area contributed by atoms with Crippen LogP contribution in [0.1, 0.15) is 6.92 Å². The highest BCUT2D eigenvalue weighted by Gasteiger charge is 2.12. The zero-order chi connectivity index (χ0) is 11.0. The first-order valence-electron chi connectivity index (χ1n) is 4.28. The molecule has 6 heteroatoms. The van der Waals surface area contributed by atoms with E-state index in [1.807, 2.05) is 0 Å². The van der Waals surface area contributed by atoms with E-state index >= 15 is 0 Å². The van der Waals surface area contributed by atoms with Gasteiger partial charge in [-0.25, -0.2) is 0 Å². The first-order chi connectivity index (χ1) is 6.57. The number of nitrogens with two attached hydrogens (primary N) is 1. The van der Waals surface area contributed by atoms with Gasteiger partial charge < -0.3 is 15.8 Å². The van der Waals surface area contributed by atoms with Crippen molar-refractivity contribution in [2.45, 2.75) is 13.0 Å². The van der Waals surface area contributed by atoms with E-state index in [0.29, 0.717) is 18.1 Å². The number of thioether (sulfide) groups is 1. The van der Waals surface area contributed by atoms with Gasteiger partial charge in [0.15, 0.2) is 0 Å². The molecular weight excluding hydrogens is 202 g/mol. The Hall–Kier alpha value is -0.750. The number of hydrogen-bond acceptors (Lipinski definition) is 5. The molecule has 0 aliphatic carbocycles. The van der Waals surface area contributed by atoms with Gasteiger partial charge >= 0.3 is 5.97 Å². The van der Waals surface area contributed by atoms with Crippen LogP contribution < -0.4 is 11.1 Å². The van der Waals surface area contributed by atoms with Crippen LogP contribution >= 0.6 is 11.8 Å². The average Bonchev–Trinajstić information content (AvgIpc) is 2.15. The second-order valence-electron chi connectivity index (χ2n) is 2.76. The van der Waals surface area contributed by atoms with Gasteiger partial charge in [-0.15, -0.1) is 0 Å². The third-order valence-corrected chi connectivity index (χ3v) is 2.53. The van der Waals surface area contributed by atoms with Crippen LogP contribution in [0, 0.1) is 5.41 Å². The van der Waals surface area contributed by atoms with Crippen LogP contribution in [0.4, 0.5) is 0 Å². The molecule has 5 nitrogen and oxygen atoms in total. The number of methoxy groups -OCH3 is 1. The van der Waals surface area contributed by atoms with Crippen LogP contribution in [0.25, 0.3) is 0 Å². The van der Waals surface area contributed by atoms with Gasteiger partial charge in [0.2, 0.25) is 0 Å². The number of hydrogen-bond donors (Lipinski definition) is 3. The molecule has 14 heavy (non-hydrogen) atoms. The number of rotatable bonds is 6. The zero-order valence-corrected chi connectivity index (χ0v) is 9.32. The summed E-state index contributed by atoms with van der Waals surface area (Å²) in [4.78, 5) is 10.9. The molecule has 0 rings (SSSR count). The Bertz CT molecular complexity index is 199. The molecule has 82 valence electrons. The van der Waals surface area contributed by atoms with Crippen molar-refractivity contribution in [3.8, 4) is 0 Å². The van der Waals surface area contributed by atoms with E-state index in [1.54, 1.807) is 18.7 Å². The second-order valence-corrected chi connectivity index (χ2v) is 3.91. The SMILES string of the molecule is COC(=O)[C@@H](N)CSCCNC(C)=N. The maximum Gasteiger partial charge on any atom is 0.323 e. The molecule has 0 aliphatic rings. The summed E-state index contributed by atoms with van der Waals surface area (Å²) in [7, 11) is 1.33. The van der Waals surface area contributed by atoms with Crippen molar-refractivity contribution >= 4 is 23.6 Å². The highest BCUT2D eigenvalue weighted by molar-refractivity contribution is 7.99. The minimum atomic E-state index is -0.550. The van der Waals surface area contributed by atoms with Crippen LogP contribution in [0.3, 0.4) is 0 Å². The fraction of sp³-hybridized carbons (Fsp3) is 0.750. The van der Waals surface area contributed by atoms with E-state index in [0.717, 1.165) is 5.75 Å². The lowest BCUT2D eigenvalue weighted by atomic mass is 10.4. The first-order valence-corrected chi connectivity index (χ1v) is 5.43. The van der Waals surface area contributed by atoms with E-state index in [9.17, 15) is 4.79 Å². The molecule has 0 saturated carbocycles. The number of amidine groups is 1. The summed E-state index contributed by atoms with van der Waals surface area (Å²) in [5, 5.41) is 9.96. The molecule has 0 spiro atoms. The Labute approximate surface area is 88.3 Å². The molecule has 1 atom stereocenters. The van der Waals surface area contributed by atoms with Gasteiger partial charge in [-0.3, -0.25) is 10.2 Å². The lowest BCUT2D eigenvalue weighted by Gasteiger charge is -2.08. The predicted molar refractivity (Wildman–Crippen MR) is 58.7 cm³/mol. The quantitative estimate of drug-likeness (QED) is 0.249. The van der Waals surface area contributed by atoms with Crippen molar-refractivity contribution in [1.29, 1.82) is 5.41 Å². The molecular formula is C8H17N3O2S. The third-order valence-electron chi connectivity index (χ3n) is 1.44. The Morgan fingerprint density at radius 1 is 1.71 bits per heavy atom. The highest BCUT2D eigenvalue weighted by Crippen LogP contribution is 2.01. The minimum Gasteiger partial charge on any atom is -0.468 e. The van der Waals surface area contributed by atoms with Crippen LogP contribution in [-0.2, 0) is 9.53 Å². The van der Waals surface area contributed by atoms with Crippen molar-refractivity contribution < 1.29 is 9.53 Å². The average molecular weight is 219 g/mol. The molecule has 0 unspecified atom stereocenters. The summed E-state index contributed by atoms with van der Waals surface area (Å²) < 4.78 is 4.48. The van der Waals surface area contributed by atoms with Crippen molar-refractivity contribution in [1.82, 2.24) is 5.32 Å². The van der Waals surface area contributed by atoms with Crippen LogP contribution in [-0.4, -0.2) is 43.0 Å². The zero-order valence-electron chi connectivity index (χ0n) is 8.50. The lowest BCUT2D eigenvalue weighted by Crippen LogP contribution is -2.34. The number of carbonyl (C=O) groups excluding carboxylic acids is 1. The van der Waals surface area contributed by atoms with E-state index < -0.39 is 6.04 Å². The minimum absolute atomic E-state index is 0.381. The van der Waals surface area contributed by atoms with E-state index in [4.69, 9.17) is 11.1 Å². The Morgan fingerprint density at radius 2 is 2.36 bits per heavy atom. The predicted octanol–water partition coefficient (Wildman–Crippen LogP) is -0.193. The molecule has 0 heterocycles. The summed E-state index contributed by atoms with van der Waals surface area (Å²) in [6.45, 7) is 2.40. The number of esters is 1. The normalized spacial score (nSPS) is 11.9. The standard InChI is InChI=1S/C8H17N3O2S/c1-6(9)11-3-4-14-5-7(10)8(12)13-2/h7H,3-5,10H2,1-2H3,(H2,9,11)/t7-/m0/s1. The smallest absolute Gasteiger partial charge is 0.323 e. The monoisotopic (exact) mass is 219 g/mol. The molecule has 0 aromatic rings. The fourth-order valence-corrected chi connectivity index (χ4v) is 1.54. The van der Waals surface area contributed by atoms with Gasteiger partial charge in [-0.2, -0.15) is 11.8 Å². The van der Waals surface area contributed by atoms with Crippen LogP contribution in [0.15, 0.2) is 0 Å². The lowest BCUT2D eigenvalue weighted by molar-refractivity contribution is -0.141. The molecule has 4 N–H and O–H groups in total. The van der Waals surface area contributed by atoms with E-state index in [-0.39, 0.29) is 5.97 Å². The van der Waals surface area contributed by atoms with Gasteiger partial charge in [-0.05, 0) is 6.92 Å². The Kier molecular flexibility index (Phi) is 7.23. The van der Waals surface area contributed by atoms with Crippen molar-refractivity contribution in [2.75, 3.05) is 25.2 Å². The molecule has 0 saturated heterocycles. The Morgan fingerprint density at radius 3 is 2.86 bits per heavy atom. The molecule has 0 aromatic heterocycles. The molecule has 0 bridgehead atoms. The number of ether oxygens (including phenoxy) is 1. The number of carbonyl (C=O) groups is 1. The van der Waals surface area contributed by atoms with Gasteiger partial charge in [0, 0.05) is 18.1 Å². The summed E-state index contributed by atoms with van der Waals surface area (Å²) in [6, 6.07) is -0.550. The van der Waals surface area contributed by atoms with E-state index in [1.165, 1.54) is 7.11 Å². The van der Waals surface area contributed by atoms with Crippen molar-refractivity contribution in [3.63, 3.8) is 0 Å². The Balaban J connectivity index is 3.36. The topological polar surface area (TPSA) is 88.2 Å². The highest BCUT2D eigenvalue weighted by atomic mass is 32.2. The third kappa shape index (κ3) is 6.73. The van der Waals surface area contributed by atoms with Gasteiger partial charge in [0.1, 0.15) is 6.04 Å². The van der Waals surface area contributed by atoms with Gasteiger partial charge in [-0.1, -0.05) is 0 Å². The second kappa shape index (κ2) is 7.64. The molecule has 0 aromatic carbocycles. The summed E-state index contributed by atoms with van der Waals surface area (Å²) in [5.41, 5.74) is 5.51. The van der Waals surface area contributed by atoms with Gasteiger partial charge in [0.25, 0.3) is 0 Å². The largest absolute Gasteiger partial charge is 0.468 e. The fourth-order valence-electron chi connectivity index (χ4n) is 0.740. The van der Waals surface area contributed by atoms with Crippen LogP contribution in [0.2, 0.25) is 0 Å². The molecule has 0 amide bonds. The maximum absolute atomic E-state index is 10.9. The van der Waals surface area contributed by atoms with Crippen LogP contribution in [0.5, 0.6) is 0 Å². The molecule has 0 radical (unpaired) electrons. The van der Waals surface area contributed by atoms with Crippen molar-refractivity contribution in [2.24, 2.45) is 5.73 Å². The summed E-state index contributed by atoms with van der Waals surface area (Å²) >= 11 is 1.56.